The molecule has 0 saturated carbocycles. The van der Waals surface area contributed by atoms with Gasteiger partial charge in [-0.3, -0.25) is 4.79 Å². The second kappa shape index (κ2) is 11.5. The van der Waals surface area contributed by atoms with Crippen molar-refractivity contribution in [1.29, 1.82) is 0 Å². The van der Waals surface area contributed by atoms with Gasteiger partial charge in [-0.2, -0.15) is 4.31 Å². The fourth-order valence-electron chi connectivity index (χ4n) is 3.77. The smallest absolute Gasteiger partial charge is 0.251 e. The second-order valence-electron chi connectivity index (χ2n) is 8.11. The monoisotopic (exact) mass is 492 g/mol. The number of piperidine rings is 1. The summed E-state index contributed by atoms with van der Waals surface area (Å²) < 4.78 is 43.8. The van der Waals surface area contributed by atoms with Crippen LogP contribution >= 0.6 is 0 Å². The van der Waals surface area contributed by atoms with Crippen molar-refractivity contribution in [2.24, 2.45) is 0 Å². The zero-order valence-electron chi connectivity index (χ0n) is 19.7. The van der Waals surface area contributed by atoms with Crippen LogP contribution in [-0.4, -0.2) is 70.3 Å². The van der Waals surface area contributed by atoms with Gasteiger partial charge in [-0.15, -0.1) is 0 Å². The molecule has 1 amide bonds. The number of carbonyl (C=O) groups excluding carboxylic acids is 1. The maximum absolute atomic E-state index is 13.1. The topological polar surface area (TPSA) is 114 Å². The Labute approximate surface area is 200 Å². The van der Waals surface area contributed by atoms with Crippen molar-refractivity contribution in [2.75, 3.05) is 40.5 Å². The zero-order valence-corrected chi connectivity index (χ0v) is 20.6. The van der Waals surface area contributed by atoms with Crippen LogP contribution in [0.15, 0.2) is 41.3 Å². The van der Waals surface area contributed by atoms with E-state index in [0.717, 1.165) is 19.3 Å². The van der Waals surface area contributed by atoms with Gasteiger partial charge in [0.05, 0.1) is 19.1 Å². The minimum atomic E-state index is -3.67. The molecular weight excluding hydrogens is 460 g/mol. The van der Waals surface area contributed by atoms with E-state index in [1.807, 2.05) is 0 Å². The highest BCUT2D eigenvalue weighted by Crippen LogP contribution is 2.36. The molecule has 3 rings (SSSR count). The van der Waals surface area contributed by atoms with Crippen LogP contribution in [0.1, 0.15) is 35.2 Å². The molecule has 2 N–H and O–H groups in total. The molecule has 0 aromatic heterocycles. The summed E-state index contributed by atoms with van der Waals surface area (Å²) in [5.74, 6) is 0.781. The number of amides is 1. The average Bonchev–Trinajstić information content (AvgIpc) is 2.86. The lowest BCUT2D eigenvalue weighted by Crippen LogP contribution is -2.37. The number of hydrogen-bond acceptors (Lipinski definition) is 7. The molecule has 1 fully saturated rings. The Bertz CT molecular complexity index is 1080. The number of para-hydroxylation sites is 1. The molecule has 1 aliphatic rings. The number of nitrogens with zero attached hydrogens (tertiary/aromatic N) is 1. The van der Waals surface area contributed by atoms with Crippen LogP contribution in [0.25, 0.3) is 0 Å². The Hall–Kier alpha value is -2.82. The number of methoxy groups -OCH3 is 2. The van der Waals surface area contributed by atoms with Gasteiger partial charge in [0.25, 0.3) is 5.91 Å². The van der Waals surface area contributed by atoms with Crippen LogP contribution in [0, 0.1) is 6.92 Å². The molecule has 1 atom stereocenters. The first-order valence-corrected chi connectivity index (χ1v) is 12.6. The van der Waals surface area contributed by atoms with Gasteiger partial charge in [0, 0.05) is 25.2 Å². The van der Waals surface area contributed by atoms with Crippen LogP contribution in [0.2, 0.25) is 0 Å². The fraction of sp³-hybridized carbons (Fsp3) is 0.458. The van der Waals surface area contributed by atoms with Gasteiger partial charge < -0.3 is 24.6 Å². The Morgan fingerprint density at radius 3 is 2.35 bits per heavy atom. The number of aryl methyl sites for hydroxylation is 1. The van der Waals surface area contributed by atoms with E-state index in [1.54, 1.807) is 37.3 Å². The number of aliphatic hydroxyl groups excluding tert-OH is 1. The molecule has 1 aliphatic heterocycles. The molecule has 2 aromatic rings. The van der Waals surface area contributed by atoms with Crippen LogP contribution in [0.3, 0.4) is 0 Å². The summed E-state index contributed by atoms with van der Waals surface area (Å²) in [6.45, 7) is 2.49. The predicted octanol–water partition coefficient (Wildman–Crippen LogP) is 2.36. The van der Waals surface area contributed by atoms with Gasteiger partial charge in [0.15, 0.2) is 11.5 Å². The average molecular weight is 493 g/mol. The van der Waals surface area contributed by atoms with E-state index in [2.05, 4.69) is 5.32 Å². The first-order chi connectivity index (χ1) is 16.3. The van der Waals surface area contributed by atoms with Crippen molar-refractivity contribution in [1.82, 2.24) is 9.62 Å². The summed E-state index contributed by atoms with van der Waals surface area (Å²) in [5.41, 5.74) is 0.794. The van der Waals surface area contributed by atoms with E-state index >= 15 is 0 Å². The van der Waals surface area contributed by atoms with E-state index in [1.165, 1.54) is 24.6 Å². The fourth-order valence-corrected chi connectivity index (χ4v) is 5.54. The molecule has 10 heteroatoms. The van der Waals surface area contributed by atoms with Crippen molar-refractivity contribution in [3.05, 3.63) is 47.5 Å². The highest BCUT2D eigenvalue weighted by molar-refractivity contribution is 7.89. The van der Waals surface area contributed by atoms with Gasteiger partial charge in [0.1, 0.15) is 12.7 Å². The van der Waals surface area contributed by atoms with Gasteiger partial charge in [-0.25, -0.2) is 8.42 Å². The van der Waals surface area contributed by atoms with Gasteiger partial charge in [0.2, 0.25) is 15.8 Å². The number of sulfonamides is 1. The normalized spacial score (nSPS) is 15.4. The van der Waals surface area contributed by atoms with Crippen molar-refractivity contribution >= 4 is 15.9 Å². The molecule has 0 spiro atoms. The number of hydrogen-bond donors (Lipinski definition) is 2. The molecule has 9 nitrogen and oxygen atoms in total. The third-order valence-corrected chi connectivity index (χ3v) is 7.72. The van der Waals surface area contributed by atoms with Crippen molar-refractivity contribution in [3.8, 4) is 17.2 Å². The molecule has 2 aromatic carbocycles. The quantitative estimate of drug-likeness (QED) is 0.523. The summed E-state index contributed by atoms with van der Waals surface area (Å²) in [7, 11) is -0.673. The van der Waals surface area contributed by atoms with Crippen molar-refractivity contribution in [3.63, 3.8) is 0 Å². The predicted molar refractivity (Wildman–Crippen MR) is 127 cm³/mol. The largest absolute Gasteiger partial charge is 0.493 e. The highest BCUT2D eigenvalue weighted by atomic mass is 32.2. The first-order valence-electron chi connectivity index (χ1n) is 11.2. The van der Waals surface area contributed by atoms with Crippen LogP contribution in [0.4, 0.5) is 0 Å². The Kier molecular flexibility index (Phi) is 8.76. The number of ether oxygens (including phenoxy) is 3. The zero-order chi connectivity index (χ0) is 24.7. The van der Waals surface area contributed by atoms with Gasteiger partial charge >= 0.3 is 0 Å². The van der Waals surface area contributed by atoms with E-state index in [-0.39, 0.29) is 23.6 Å². The lowest BCUT2D eigenvalue weighted by molar-refractivity contribution is 0.0833. The number of benzene rings is 2. The minimum absolute atomic E-state index is 0.0849. The molecule has 1 heterocycles. The number of carbonyl (C=O) groups is 1. The highest BCUT2D eigenvalue weighted by Gasteiger charge is 2.28. The molecule has 186 valence electrons. The lowest BCUT2D eigenvalue weighted by Gasteiger charge is -2.26. The lowest BCUT2D eigenvalue weighted by atomic mass is 10.1. The molecule has 0 bridgehead atoms. The third kappa shape index (κ3) is 5.99. The maximum Gasteiger partial charge on any atom is 0.251 e. The summed E-state index contributed by atoms with van der Waals surface area (Å²) in [6, 6.07) is 9.76. The summed E-state index contributed by atoms with van der Waals surface area (Å²) in [4.78, 5) is 12.8. The SMILES string of the molecule is COc1cccc(OC)c1OCC(O)CNC(=O)c1ccc(C)c(S(=O)(=O)N2CCCCC2)c1. The third-order valence-electron chi connectivity index (χ3n) is 5.68. The van der Waals surface area contributed by atoms with Crippen molar-refractivity contribution < 1.29 is 32.5 Å². The summed E-state index contributed by atoms with van der Waals surface area (Å²) in [6.07, 6.45) is 1.67. The first kappa shape index (κ1) is 25.8. The van der Waals surface area contributed by atoms with Gasteiger partial charge in [-0.1, -0.05) is 18.6 Å². The minimum Gasteiger partial charge on any atom is -0.493 e. The van der Waals surface area contributed by atoms with E-state index in [4.69, 9.17) is 14.2 Å². The van der Waals surface area contributed by atoms with Crippen molar-refractivity contribution in [2.45, 2.75) is 37.2 Å². The number of rotatable bonds is 10. The standard InChI is InChI=1S/C24H32N2O7S/c1-17-10-11-18(14-22(17)34(29,30)26-12-5-4-6-13-26)24(28)25-15-19(27)16-33-23-20(31-2)8-7-9-21(23)32-3/h7-11,14,19,27H,4-6,12-13,15-16H2,1-3H3,(H,25,28). The van der Waals surface area contributed by atoms with Crippen LogP contribution in [-0.2, 0) is 10.0 Å². The maximum atomic E-state index is 13.1. The number of nitrogens with one attached hydrogen (secondary N) is 1. The van der Waals surface area contributed by atoms with E-state index < -0.39 is 22.0 Å². The summed E-state index contributed by atoms with van der Waals surface area (Å²) >= 11 is 0. The van der Waals surface area contributed by atoms with E-state index in [0.29, 0.717) is 35.9 Å². The Morgan fingerprint density at radius 1 is 1.09 bits per heavy atom. The van der Waals surface area contributed by atoms with Crippen LogP contribution < -0.4 is 19.5 Å². The second-order valence-corrected chi connectivity index (χ2v) is 10.0. The molecule has 1 unspecified atom stereocenters. The molecule has 1 saturated heterocycles. The van der Waals surface area contributed by atoms with E-state index in [9.17, 15) is 18.3 Å². The molecule has 0 aliphatic carbocycles. The number of aliphatic hydroxyl groups is 1. The molecular formula is C24H32N2O7S. The van der Waals surface area contributed by atoms with Crippen LogP contribution in [0.5, 0.6) is 17.2 Å². The molecule has 0 radical (unpaired) electrons. The van der Waals surface area contributed by atoms with Gasteiger partial charge in [-0.05, 0) is 49.6 Å². The summed E-state index contributed by atoms with van der Waals surface area (Å²) in [5, 5.41) is 12.9. The Balaban J connectivity index is 1.63. The molecule has 34 heavy (non-hydrogen) atoms. The Morgan fingerprint density at radius 2 is 1.74 bits per heavy atom.